The van der Waals surface area contributed by atoms with Gasteiger partial charge >= 0.3 is 12.0 Å². The van der Waals surface area contributed by atoms with Crippen LogP contribution >= 0.6 is 0 Å². The smallest absolute Gasteiger partial charge is 0.326 e. The zero-order chi connectivity index (χ0) is 12.1. The number of hydrogen-bond donors (Lipinski definition) is 2. The van der Waals surface area contributed by atoms with Crippen LogP contribution in [-0.4, -0.2) is 40.6 Å². The molecule has 1 fully saturated rings. The summed E-state index contributed by atoms with van der Waals surface area (Å²) in [5.41, 5.74) is 0. The summed E-state index contributed by atoms with van der Waals surface area (Å²) < 4.78 is 0. The average molecular weight is 224 g/mol. The van der Waals surface area contributed by atoms with Crippen LogP contribution in [0.25, 0.3) is 0 Å². The molecule has 0 aromatic heterocycles. The number of carboxylic acid groups (broad SMARTS) is 1. The summed E-state index contributed by atoms with van der Waals surface area (Å²) >= 11 is 0. The number of carbonyl (C=O) groups is 2. The molecule has 1 unspecified atom stereocenters. The van der Waals surface area contributed by atoms with Gasteiger partial charge in [0.25, 0.3) is 0 Å². The lowest BCUT2D eigenvalue weighted by Gasteiger charge is -2.23. The second kappa shape index (κ2) is 5.40. The predicted octanol–water partition coefficient (Wildman–Crippen LogP) is 0.657. The number of likely N-dealkylation sites (tertiary alicyclic amines) is 1. The minimum Gasteiger partial charge on any atom is -0.480 e. The van der Waals surface area contributed by atoms with Gasteiger partial charge in [0.05, 0.1) is 6.04 Å². The highest BCUT2D eigenvalue weighted by atomic mass is 16.4. The Labute approximate surface area is 94.8 Å². The van der Waals surface area contributed by atoms with E-state index in [2.05, 4.69) is 11.2 Å². The SMILES string of the molecule is C#CC(CC)NC(=O)N1CCC[C@H]1C(=O)O. The van der Waals surface area contributed by atoms with Crippen molar-refractivity contribution in [1.29, 1.82) is 0 Å². The molecule has 5 nitrogen and oxygen atoms in total. The Morgan fingerprint density at radius 1 is 1.69 bits per heavy atom. The van der Waals surface area contributed by atoms with Gasteiger partial charge in [-0.3, -0.25) is 0 Å². The number of hydrogen-bond acceptors (Lipinski definition) is 2. The van der Waals surface area contributed by atoms with Gasteiger partial charge in [0, 0.05) is 6.54 Å². The molecule has 1 saturated heterocycles. The number of amides is 2. The number of rotatable bonds is 3. The monoisotopic (exact) mass is 224 g/mol. The van der Waals surface area contributed by atoms with Gasteiger partial charge < -0.3 is 15.3 Å². The standard InChI is InChI=1S/C11H16N2O3/c1-3-8(4-2)12-11(16)13-7-5-6-9(13)10(14)15/h1,8-9H,4-7H2,2H3,(H,12,16)(H,14,15)/t8?,9-/m0/s1. The minimum atomic E-state index is -0.957. The molecule has 0 bridgehead atoms. The summed E-state index contributed by atoms with van der Waals surface area (Å²) in [4.78, 5) is 24.0. The summed E-state index contributed by atoms with van der Waals surface area (Å²) in [7, 11) is 0. The van der Waals surface area contributed by atoms with E-state index >= 15 is 0 Å². The van der Waals surface area contributed by atoms with Crippen molar-refractivity contribution in [2.45, 2.75) is 38.3 Å². The van der Waals surface area contributed by atoms with Gasteiger partial charge in [0.15, 0.2) is 0 Å². The lowest BCUT2D eigenvalue weighted by Crippen LogP contribution is -2.48. The van der Waals surface area contributed by atoms with Crippen LogP contribution in [0.15, 0.2) is 0 Å². The van der Waals surface area contributed by atoms with Gasteiger partial charge in [-0.05, 0) is 19.3 Å². The summed E-state index contributed by atoms with van der Waals surface area (Å²) in [6.45, 7) is 2.34. The van der Waals surface area contributed by atoms with Crippen LogP contribution in [0.5, 0.6) is 0 Å². The van der Waals surface area contributed by atoms with E-state index in [1.807, 2.05) is 6.92 Å². The zero-order valence-corrected chi connectivity index (χ0v) is 9.27. The molecule has 0 spiro atoms. The molecular weight excluding hydrogens is 208 g/mol. The lowest BCUT2D eigenvalue weighted by atomic mass is 10.2. The Morgan fingerprint density at radius 3 is 2.88 bits per heavy atom. The van der Waals surface area contributed by atoms with Crippen LogP contribution < -0.4 is 5.32 Å². The van der Waals surface area contributed by atoms with Crippen molar-refractivity contribution in [1.82, 2.24) is 10.2 Å². The van der Waals surface area contributed by atoms with Crippen molar-refractivity contribution in [3.8, 4) is 12.3 Å². The number of aliphatic carboxylic acids is 1. The molecule has 0 radical (unpaired) electrons. The first kappa shape index (κ1) is 12.4. The molecule has 1 heterocycles. The molecule has 16 heavy (non-hydrogen) atoms. The third-order valence-corrected chi connectivity index (χ3v) is 2.71. The maximum absolute atomic E-state index is 11.7. The maximum Gasteiger partial charge on any atom is 0.326 e. The van der Waals surface area contributed by atoms with Gasteiger partial charge in [0.2, 0.25) is 0 Å². The van der Waals surface area contributed by atoms with E-state index < -0.39 is 12.0 Å². The molecule has 0 aromatic carbocycles. The molecule has 1 aliphatic heterocycles. The van der Waals surface area contributed by atoms with Crippen LogP contribution in [-0.2, 0) is 4.79 Å². The topological polar surface area (TPSA) is 69.6 Å². The Morgan fingerprint density at radius 2 is 2.38 bits per heavy atom. The Hall–Kier alpha value is -1.70. The highest BCUT2D eigenvalue weighted by Gasteiger charge is 2.34. The number of urea groups is 1. The Kier molecular flexibility index (Phi) is 4.18. The third-order valence-electron chi connectivity index (χ3n) is 2.71. The molecule has 88 valence electrons. The number of terminal acetylenes is 1. The van der Waals surface area contributed by atoms with Crippen molar-refractivity contribution < 1.29 is 14.7 Å². The van der Waals surface area contributed by atoms with E-state index in [9.17, 15) is 9.59 Å². The average Bonchev–Trinajstić information content (AvgIpc) is 2.74. The maximum atomic E-state index is 11.7. The Bertz CT molecular complexity index is 322. The molecule has 1 aliphatic rings. The number of carboxylic acids is 1. The summed E-state index contributed by atoms with van der Waals surface area (Å²) in [6, 6.07) is -1.42. The molecule has 0 aliphatic carbocycles. The van der Waals surface area contributed by atoms with Crippen LogP contribution in [0.2, 0.25) is 0 Å². The summed E-state index contributed by atoms with van der Waals surface area (Å²) in [6.07, 6.45) is 7.09. The first-order valence-corrected chi connectivity index (χ1v) is 5.36. The molecule has 0 saturated carbocycles. The largest absolute Gasteiger partial charge is 0.480 e. The van der Waals surface area contributed by atoms with Gasteiger partial charge in [-0.25, -0.2) is 9.59 Å². The lowest BCUT2D eigenvalue weighted by molar-refractivity contribution is -0.141. The predicted molar refractivity (Wildman–Crippen MR) is 58.8 cm³/mol. The molecule has 0 aromatic rings. The van der Waals surface area contributed by atoms with Crippen LogP contribution in [0.4, 0.5) is 4.79 Å². The van der Waals surface area contributed by atoms with Crippen LogP contribution in [0.3, 0.4) is 0 Å². The number of carbonyl (C=O) groups excluding carboxylic acids is 1. The van der Waals surface area contributed by atoms with Crippen LogP contribution in [0.1, 0.15) is 26.2 Å². The fourth-order valence-corrected chi connectivity index (χ4v) is 1.76. The minimum absolute atomic E-state index is 0.331. The molecule has 1 rings (SSSR count). The van der Waals surface area contributed by atoms with E-state index in [0.717, 1.165) is 6.42 Å². The molecule has 2 amide bonds. The van der Waals surface area contributed by atoms with Gasteiger partial charge in [0.1, 0.15) is 6.04 Å². The van der Waals surface area contributed by atoms with E-state index in [1.54, 1.807) is 0 Å². The fourth-order valence-electron chi connectivity index (χ4n) is 1.76. The van der Waals surface area contributed by atoms with Gasteiger partial charge in [-0.2, -0.15) is 0 Å². The van der Waals surface area contributed by atoms with Gasteiger partial charge in [-0.15, -0.1) is 6.42 Å². The molecule has 5 heteroatoms. The second-order valence-electron chi connectivity index (χ2n) is 3.77. The number of nitrogens with one attached hydrogen (secondary N) is 1. The van der Waals surface area contributed by atoms with Crippen molar-refractivity contribution in [2.24, 2.45) is 0 Å². The summed E-state index contributed by atoms with van der Waals surface area (Å²) in [5.74, 6) is 1.49. The van der Waals surface area contributed by atoms with E-state index in [4.69, 9.17) is 11.5 Å². The van der Waals surface area contributed by atoms with Crippen LogP contribution in [0, 0.1) is 12.3 Å². The highest BCUT2D eigenvalue weighted by molar-refractivity contribution is 5.83. The van der Waals surface area contributed by atoms with E-state index in [1.165, 1.54) is 4.90 Å². The van der Waals surface area contributed by atoms with Crippen molar-refractivity contribution in [3.05, 3.63) is 0 Å². The third kappa shape index (κ3) is 2.66. The zero-order valence-electron chi connectivity index (χ0n) is 9.27. The first-order chi connectivity index (χ1) is 7.60. The van der Waals surface area contributed by atoms with Crippen molar-refractivity contribution >= 4 is 12.0 Å². The van der Waals surface area contributed by atoms with Crippen molar-refractivity contribution in [2.75, 3.05) is 6.54 Å². The highest BCUT2D eigenvalue weighted by Crippen LogP contribution is 2.17. The second-order valence-corrected chi connectivity index (χ2v) is 3.77. The van der Waals surface area contributed by atoms with Gasteiger partial charge in [-0.1, -0.05) is 12.8 Å². The van der Waals surface area contributed by atoms with Crippen molar-refractivity contribution in [3.63, 3.8) is 0 Å². The normalized spacial score (nSPS) is 21.2. The molecule has 2 atom stereocenters. The fraction of sp³-hybridized carbons (Fsp3) is 0.636. The Balaban J connectivity index is 2.60. The van der Waals surface area contributed by atoms with E-state index in [0.29, 0.717) is 19.4 Å². The quantitative estimate of drug-likeness (QED) is 0.692. The molecular formula is C11H16N2O3. The van der Waals surface area contributed by atoms with E-state index in [-0.39, 0.29) is 12.1 Å². The summed E-state index contributed by atoms with van der Waals surface area (Å²) in [5, 5.41) is 11.5. The number of nitrogens with zero attached hydrogens (tertiary/aromatic N) is 1. The first-order valence-electron chi connectivity index (χ1n) is 5.36. The molecule has 2 N–H and O–H groups in total.